The summed E-state index contributed by atoms with van der Waals surface area (Å²) in [5.74, 6) is 0. The Labute approximate surface area is 123 Å². The zero-order valence-electron chi connectivity index (χ0n) is 11.0. The van der Waals surface area contributed by atoms with Crippen molar-refractivity contribution < 1.29 is 13.5 Å². The molecule has 1 aliphatic rings. The molecule has 1 fully saturated rings. The molecule has 0 radical (unpaired) electrons. The number of hydrogen-bond donors (Lipinski definition) is 1. The van der Waals surface area contributed by atoms with E-state index in [4.69, 9.17) is 0 Å². The predicted molar refractivity (Wildman–Crippen MR) is 78.9 cm³/mol. The first-order valence-corrected chi connectivity index (χ1v) is 8.93. The van der Waals surface area contributed by atoms with E-state index in [1.165, 1.54) is 0 Å². The van der Waals surface area contributed by atoms with Crippen LogP contribution in [0.3, 0.4) is 0 Å². The normalized spacial score (nSPS) is 25.0. The van der Waals surface area contributed by atoms with E-state index in [0.717, 1.165) is 12.0 Å². The Morgan fingerprint density at radius 3 is 2.68 bits per heavy atom. The van der Waals surface area contributed by atoms with E-state index < -0.39 is 9.84 Å². The largest absolute Gasteiger partial charge is 0.393 e. The van der Waals surface area contributed by atoms with Crippen LogP contribution >= 0.6 is 15.9 Å². The summed E-state index contributed by atoms with van der Waals surface area (Å²) < 4.78 is 26.0. The summed E-state index contributed by atoms with van der Waals surface area (Å²) in [6.07, 6.45) is 2.90. The van der Waals surface area contributed by atoms with Crippen LogP contribution in [0, 0.1) is 6.92 Å². The molecule has 0 aromatic heterocycles. The average Bonchev–Trinajstić information content (AvgIpc) is 2.57. The highest BCUT2D eigenvalue weighted by Gasteiger charge is 2.31. The van der Waals surface area contributed by atoms with Crippen molar-refractivity contribution >= 4 is 25.8 Å². The molecule has 0 amide bonds. The lowest BCUT2D eigenvalue weighted by Crippen LogP contribution is -2.21. The third kappa shape index (κ3) is 3.38. The molecule has 0 aliphatic heterocycles. The van der Waals surface area contributed by atoms with Gasteiger partial charge in [-0.25, -0.2) is 8.42 Å². The van der Waals surface area contributed by atoms with Gasteiger partial charge >= 0.3 is 0 Å². The third-order valence-electron chi connectivity index (χ3n) is 3.72. The van der Waals surface area contributed by atoms with Crippen LogP contribution in [0.5, 0.6) is 0 Å². The summed E-state index contributed by atoms with van der Waals surface area (Å²) in [6.45, 7) is 1.89. The minimum atomic E-state index is -3.32. The lowest BCUT2D eigenvalue weighted by atomic mass is 10.2. The number of aliphatic hydroxyl groups excluding tert-OH is 1. The number of aryl methyl sites for hydroxylation is 1. The Morgan fingerprint density at radius 2 is 1.95 bits per heavy atom. The van der Waals surface area contributed by atoms with Crippen LogP contribution < -0.4 is 0 Å². The molecule has 2 unspecified atom stereocenters. The SMILES string of the molecule is Cc1ccc(Br)c(S(=O)(=O)C2CCCC(O)CC2)c1. The molecule has 0 spiro atoms. The van der Waals surface area contributed by atoms with Gasteiger partial charge in [0.05, 0.1) is 16.2 Å². The highest BCUT2D eigenvalue weighted by molar-refractivity contribution is 9.10. The molecule has 1 aliphatic carbocycles. The number of halogens is 1. The highest BCUT2D eigenvalue weighted by atomic mass is 79.9. The quantitative estimate of drug-likeness (QED) is 0.836. The minimum absolute atomic E-state index is 0.346. The number of sulfone groups is 1. The molecule has 3 nitrogen and oxygen atoms in total. The molecule has 2 rings (SSSR count). The van der Waals surface area contributed by atoms with Gasteiger partial charge in [0.2, 0.25) is 0 Å². The molecular formula is C14H19BrO3S. The van der Waals surface area contributed by atoms with Crippen LogP contribution in [0.15, 0.2) is 27.6 Å². The van der Waals surface area contributed by atoms with Gasteiger partial charge in [-0.2, -0.15) is 0 Å². The monoisotopic (exact) mass is 346 g/mol. The minimum Gasteiger partial charge on any atom is -0.393 e. The van der Waals surface area contributed by atoms with Gasteiger partial charge in [-0.3, -0.25) is 0 Å². The Hall–Kier alpha value is -0.390. The summed E-state index contributed by atoms with van der Waals surface area (Å²) in [5, 5.41) is 9.27. The lowest BCUT2D eigenvalue weighted by molar-refractivity contribution is 0.157. The van der Waals surface area contributed by atoms with E-state index in [1.54, 1.807) is 12.1 Å². The van der Waals surface area contributed by atoms with Crippen molar-refractivity contribution in [2.24, 2.45) is 0 Å². The number of hydrogen-bond acceptors (Lipinski definition) is 3. The maximum Gasteiger partial charge on any atom is 0.182 e. The van der Waals surface area contributed by atoms with E-state index in [-0.39, 0.29) is 11.4 Å². The van der Waals surface area contributed by atoms with Crippen molar-refractivity contribution in [2.75, 3.05) is 0 Å². The van der Waals surface area contributed by atoms with Crippen LogP contribution in [0.1, 0.15) is 37.7 Å². The summed E-state index contributed by atoms with van der Waals surface area (Å²) in [5.41, 5.74) is 0.940. The number of aliphatic hydroxyl groups is 1. The van der Waals surface area contributed by atoms with E-state index in [2.05, 4.69) is 15.9 Å². The lowest BCUT2D eigenvalue weighted by Gasteiger charge is -2.16. The Kier molecular flexibility index (Phi) is 4.69. The summed E-state index contributed by atoms with van der Waals surface area (Å²) in [6, 6.07) is 5.40. The van der Waals surface area contributed by atoms with E-state index in [1.807, 2.05) is 13.0 Å². The first-order valence-electron chi connectivity index (χ1n) is 6.59. The fraction of sp³-hybridized carbons (Fsp3) is 0.571. The maximum atomic E-state index is 12.7. The van der Waals surface area contributed by atoms with Gasteiger partial charge in [0.25, 0.3) is 0 Å². The van der Waals surface area contributed by atoms with Crippen molar-refractivity contribution in [3.05, 3.63) is 28.2 Å². The summed E-state index contributed by atoms with van der Waals surface area (Å²) >= 11 is 3.34. The Morgan fingerprint density at radius 1 is 1.21 bits per heavy atom. The Bertz CT molecular complexity index is 554. The van der Waals surface area contributed by atoms with Gasteiger partial charge in [0, 0.05) is 4.47 Å². The zero-order chi connectivity index (χ0) is 14.0. The first-order chi connectivity index (χ1) is 8.91. The maximum absolute atomic E-state index is 12.7. The fourth-order valence-corrected chi connectivity index (χ4v) is 5.46. The van der Waals surface area contributed by atoms with E-state index >= 15 is 0 Å². The van der Waals surface area contributed by atoms with Gasteiger partial charge < -0.3 is 5.11 Å². The van der Waals surface area contributed by atoms with Crippen molar-refractivity contribution in [3.8, 4) is 0 Å². The molecule has 1 aromatic carbocycles. The van der Waals surface area contributed by atoms with Crippen LogP contribution in [0.25, 0.3) is 0 Å². The van der Waals surface area contributed by atoms with Gasteiger partial charge in [-0.15, -0.1) is 0 Å². The van der Waals surface area contributed by atoms with Gasteiger partial charge in [0.15, 0.2) is 9.84 Å². The second-order valence-electron chi connectivity index (χ2n) is 5.26. The molecule has 19 heavy (non-hydrogen) atoms. The van der Waals surface area contributed by atoms with Crippen molar-refractivity contribution in [3.63, 3.8) is 0 Å². The zero-order valence-corrected chi connectivity index (χ0v) is 13.4. The molecule has 5 heteroatoms. The van der Waals surface area contributed by atoms with Crippen LogP contribution in [-0.4, -0.2) is 24.9 Å². The second kappa shape index (κ2) is 5.94. The molecule has 0 bridgehead atoms. The smallest absolute Gasteiger partial charge is 0.182 e. The summed E-state index contributed by atoms with van der Waals surface area (Å²) in [4.78, 5) is 0.383. The first kappa shape index (κ1) is 15.0. The average molecular weight is 347 g/mol. The van der Waals surface area contributed by atoms with E-state index in [0.29, 0.717) is 35.1 Å². The van der Waals surface area contributed by atoms with Crippen molar-refractivity contribution in [2.45, 2.75) is 55.3 Å². The fourth-order valence-electron chi connectivity index (χ4n) is 2.57. The molecule has 1 saturated carbocycles. The van der Waals surface area contributed by atoms with Crippen molar-refractivity contribution in [1.82, 2.24) is 0 Å². The van der Waals surface area contributed by atoms with Crippen molar-refractivity contribution in [1.29, 1.82) is 0 Å². The highest BCUT2D eigenvalue weighted by Crippen LogP contribution is 2.32. The van der Waals surface area contributed by atoms with E-state index in [9.17, 15) is 13.5 Å². The standard InChI is InChI=1S/C14H19BrO3S/c1-10-5-8-13(15)14(9-10)19(17,18)12-4-2-3-11(16)6-7-12/h5,8-9,11-12,16H,2-4,6-7H2,1H3. The molecule has 2 atom stereocenters. The van der Waals surface area contributed by atoms with Crippen LogP contribution in [-0.2, 0) is 9.84 Å². The third-order valence-corrected chi connectivity index (χ3v) is 6.97. The number of rotatable bonds is 2. The van der Waals surface area contributed by atoms with Gasteiger partial charge in [-0.1, -0.05) is 6.07 Å². The summed E-state index contributed by atoms with van der Waals surface area (Å²) in [7, 11) is -3.32. The van der Waals surface area contributed by atoms with Gasteiger partial charge in [-0.05, 0) is 72.7 Å². The molecule has 1 aromatic rings. The molecule has 0 saturated heterocycles. The molecule has 106 valence electrons. The predicted octanol–water partition coefficient (Wildman–Crippen LogP) is 3.22. The molecular weight excluding hydrogens is 328 g/mol. The Balaban J connectivity index is 2.33. The van der Waals surface area contributed by atoms with Crippen LogP contribution in [0.2, 0.25) is 0 Å². The van der Waals surface area contributed by atoms with Gasteiger partial charge in [0.1, 0.15) is 0 Å². The topological polar surface area (TPSA) is 54.4 Å². The number of benzene rings is 1. The molecule has 1 N–H and O–H groups in total. The molecule has 0 heterocycles. The second-order valence-corrected chi connectivity index (χ2v) is 8.31. The van der Waals surface area contributed by atoms with Crippen LogP contribution in [0.4, 0.5) is 0 Å².